The van der Waals surface area contributed by atoms with E-state index in [1.807, 2.05) is 0 Å². The molecule has 0 aliphatic rings. The average molecular weight is 307 g/mol. The van der Waals surface area contributed by atoms with Gasteiger partial charge in [-0.2, -0.15) is 0 Å². The number of hydrogen-bond donors (Lipinski definition) is 2. The molecule has 0 bridgehead atoms. The number of hydrogen-bond acceptors (Lipinski definition) is 2. The molecule has 2 aromatic rings. The van der Waals surface area contributed by atoms with Gasteiger partial charge in [0.05, 0.1) is 11.1 Å². The fourth-order valence-electron chi connectivity index (χ4n) is 1.92. The molecule has 0 aromatic heterocycles. The Morgan fingerprint density at radius 3 is 1.19 bits per heavy atom. The number of carboxylic acids is 2. The predicted molar refractivity (Wildman–Crippen MR) is 81.5 cm³/mol. The van der Waals surface area contributed by atoms with Crippen LogP contribution in [0.3, 0.4) is 0 Å². The molecule has 4 nitrogen and oxygen atoms in total. The van der Waals surface area contributed by atoms with E-state index in [2.05, 4.69) is 0 Å². The Morgan fingerprint density at radius 1 is 0.667 bits per heavy atom. The van der Waals surface area contributed by atoms with Crippen LogP contribution in [0.15, 0.2) is 48.5 Å². The Labute approximate surface area is 128 Å². The summed E-state index contributed by atoms with van der Waals surface area (Å²) >= 11 is 0. The number of benzene rings is 2. The van der Waals surface area contributed by atoms with Gasteiger partial charge < -0.3 is 10.2 Å². The van der Waals surface area contributed by atoms with Crippen molar-refractivity contribution in [2.24, 2.45) is 0 Å². The topological polar surface area (TPSA) is 74.6 Å². The quantitative estimate of drug-likeness (QED) is 0.889. The average Bonchev–Trinajstić information content (AvgIpc) is 2.46. The zero-order valence-electron chi connectivity index (χ0n) is 11.2. The first-order valence-corrected chi connectivity index (χ1v) is 6.21. The van der Waals surface area contributed by atoms with Crippen LogP contribution >= 0.6 is 12.4 Å². The summed E-state index contributed by atoms with van der Waals surface area (Å²) < 4.78 is 0. The van der Waals surface area contributed by atoms with Crippen LogP contribution in [0.5, 0.6) is 0 Å². The van der Waals surface area contributed by atoms with E-state index in [0.717, 1.165) is 24.0 Å². The number of halogens is 1. The summed E-state index contributed by atoms with van der Waals surface area (Å²) in [6.07, 6.45) is 1.57. The molecular formula is C16H15ClO4. The van der Waals surface area contributed by atoms with Gasteiger partial charge in [0.25, 0.3) is 0 Å². The summed E-state index contributed by atoms with van der Waals surface area (Å²) in [7, 11) is 0. The summed E-state index contributed by atoms with van der Waals surface area (Å²) in [6, 6.07) is 13.6. The molecule has 0 amide bonds. The largest absolute Gasteiger partial charge is 0.478 e. The maximum atomic E-state index is 10.7. The van der Waals surface area contributed by atoms with Gasteiger partial charge in [-0.05, 0) is 48.2 Å². The standard InChI is InChI=1S/C16H14O4.ClH/c17-15(18)13-7-3-11(4-8-13)1-2-12-5-9-14(10-6-12)16(19)20;/h3-10H,1-2H2,(H,17,18)(H,19,20);1H. The van der Waals surface area contributed by atoms with Crippen molar-refractivity contribution < 1.29 is 19.8 Å². The zero-order chi connectivity index (χ0) is 14.5. The van der Waals surface area contributed by atoms with Crippen molar-refractivity contribution in [2.75, 3.05) is 0 Å². The highest BCUT2D eigenvalue weighted by molar-refractivity contribution is 5.88. The molecule has 0 spiro atoms. The van der Waals surface area contributed by atoms with Gasteiger partial charge in [-0.15, -0.1) is 12.4 Å². The second kappa shape index (κ2) is 7.45. The molecular weight excluding hydrogens is 292 g/mol. The third kappa shape index (κ3) is 4.61. The Hall–Kier alpha value is -2.33. The number of aromatic carboxylic acids is 2. The van der Waals surface area contributed by atoms with Crippen molar-refractivity contribution in [3.05, 3.63) is 70.8 Å². The molecule has 5 heteroatoms. The monoisotopic (exact) mass is 306 g/mol. The molecule has 0 aliphatic carbocycles. The highest BCUT2D eigenvalue weighted by Crippen LogP contribution is 2.10. The molecule has 0 radical (unpaired) electrons. The van der Waals surface area contributed by atoms with Crippen molar-refractivity contribution in [3.8, 4) is 0 Å². The summed E-state index contributed by atoms with van der Waals surface area (Å²) in [6.45, 7) is 0. The van der Waals surface area contributed by atoms with Crippen LogP contribution in [0.2, 0.25) is 0 Å². The van der Waals surface area contributed by atoms with Gasteiger partial charge in [0.15, 0.2) is 0 Å². The highest BCUT2D eigenvalue weighted by Gasteiger charge is 2.03. The van der Waals surface area contributed by atoms with Crippen LogP contribution in [0, 0.1) is 0 Å². The second-order valence-electron chi connectivity index (χ2n) is 4.50. The minimum absolute atomic E-state index is 0. The van der Waals surface area contributed by atoms with E-state index in [0.29, 0.717) is 0 Å². The minimum atomic E-state index is -0.930. The van der Waals surface area contributed by atoms with Crippen molar-refractivity contribution in [3.63, 3.8) is 0 Å². The molecule has 0 fully saturated rings. The van der Waals surface area contributed by atoms with E-state index < -0.39 is 11.9 Å². The maximum Gasteiger partial charge on any atom is 0.335 e. The molecule has 0 saturated carbocycles. The second-order valence-corrected chi connectivity index (χ2v) is 4.50. The molecule has 0 aliphatic heterocycles. The Balaban J connectivity index is 0.00000220. The SMILES string of the molecule is Cl.O=C(O)c1ccc(CCc2ccc(C(=O)O)cc2)cc1. The molecule has 2 rings (SSSR count). The molecule has 2 aromatic carbocycles. The highest BCUT2D eigenvalue weighted by atomic mass is 35.5. The molecule has 21 heavy (non-hydrogen) atoms. The number of carboxylic acid groups (broad SMARTS) is 2. The lowest BCUT2D eigenvalue weighted by molar-refractivity contribution is 0.0686. The van der Waals surface area contributed by atoms with Crippen LogP contribution in [0.1, 0.15) is 31.8 Å². The Morgan fingerprint density at radius 2 is 0.952 bits per heavy atom. The van der Waals surface area contributed by atoms with E-state index in [-0.39, 0.29) is 23.5 Å². The number of rotatable bonds is 5. The fourth-order valence-corrected chi connectivity index (χ4v) is 1.92. The molecule has 110 valence electrons. The van der Waals surface area contributed by atoms with Crippen LogP contribution in [0.4, 0.5) is 0 Å². The predicted octanol–water partition coefficient (Wildman–Crippen LogP) is 3.29. The lowest BCUT2D eigenvalue weighted by atomic mass is 10.0. The van der Waals surface area contributed by atoms with Gasteiger partial charge in [0, 0.05) is 0 Å². The van der Waals surface area contributed by atoms with Gasteiger partial charge in [-0.25, -0.2) is 9.59 Å². The van der Waals surface area contributed by atoms with Crippen LogP contribution in [-0.4, -0.2) is 22.2 Å². The minimum Gasteiger partial charge on any atom is -0.478 e. The third-order valence-electron chi connectivity index (χ3n) is 3.10. The van der Waals surface area contributed by atoms with Crippen LogP contribution < -0.4 is 0 Å². The molecule has 0 atom stereocenters. The van der Waals surface area contributed by atoms with Gasteiger partial charge in [0.1, 0.15) is 0 Å². The molecule has 0 unspecified atom stereocenters. The van der Waals surface area contributed by atoms with Gasteiger partial charge in [0.2, 0.25) is 0 Å². The smallest absolute Gasteiger partial charge is 0.335 e. The summed E-state index contributed by atoms with van der Waals surface area (Å²) in [5.41, 5.74) is 2.66. The van der Waals surface area contributed by atoms with Crippen LogP contribution in [-0.2, 0) is 12.8 Å². The molecule has 0 heterocycles. The summed E-state index contributed by atoms with van der Waals surface area (Å²) in [5.74, 6) is -1.86. The Kier molecular flexibility index (Phi) is 5.93. The zero-order valence-corrected chi connectivity index (χ0v) is 12.0. The first-order chi connectivity index (χ1) is 9.56. The maximum absolute atomic E-state index is 10.7. The van der Waals surface area contributed by atoms with Crippen molar-refractivity contribution in [1.82, 2.24) is 0 Å². The first-order valence-electron chi connectivity index (χ1n) is 6.21. The summed E-state index contributed by atoms with van der Waals surface area (Å²) in [4.78, 5) is 21.5. The molecule has 0 saturated heterocycles. The lowest BCUT2D eigenvalue weighted by Crippen LogP contribution is -1.98. The third-order valence-corrected chi connectivity index (χ3v) is 3.10. The Bertz CT molecular complexity index is 560. The first kappa shape index (κ1) is 16.7. The van der Waals surface area contributed by atoms with Crippen LogP contribution in [0.25, 0.3) is 0 Å². The lowest BCUT2D eigenvalue weighted by Gasteiger charge is -2.03. The summed E-state index contributed by atoms with van der Waals surface area (Å²) in [5, 5.41) is 17.6. The van der Waals surface area contributed by atoms with Gasteiger partial charge in [-0.3, -0.25) is 0 Å². The number of carbonyl (C=O) groups is 2. The fraction of sp³-hybridized carbons (Fsp3) is 0.125. The van der Waals surface area contributed by atoms with E-state index in [1.54, 1.807) is 48.5 Å². The van der Waals surface area contributed by atoms with Crippen molar-refractivity contribution in [2.45, 2.75) is 12.8 Å². The van der Waals surface area contributed by atoms with Crippen molar-refractivity contribution in [1.29, 1.82) is 0 Å². The van der Waals surface area contributed by atoms with Gasteiger partial charge in [-0.1, -0.05) is 24.3 Å². The van der Waals surface area contributed by atoms with E-state index in [4.69, 9.17) is 10.2 Å². The van der Waals surface area contributed by atoms with E-state index in [1.165, 1.54) is 0 Å². The number of aryl methyl sites for hydroxylation is 2. The van der Waals surface area contributed by atoms with E-state index >= 15 is 0 Å². The van der Waals surface area contributed by atoms with E-state index in [9.17, 15) is 9.59 Å². The normalized spacial score (nSPS) is 9.71. The van der Waals surface area contributed by atoms with Gasteiger partial charge >= 0.3 is 11.9 Å². The molecule has 2 N–H and O–H groups in total. The van der Waals surface area contributed by atoms with Crippen molar-refractivity contribution >= 4 is 24.3 Å².